The molecular formula is C9H16ClNO. The van der Waals surface area contributed by atoms with Crippen LogP contribution in [0.1, 0.15) is 19.8 Å². The Hall–Kier alpha value is -0.0500. The van der Waals surface area contributed by atoms with E-state index < -0.39 is 0 Å². The molecule has 1 N–H and O–H groups in total. The lowest BCUT2D eigenvalue weighted by atomic mass is 9.96. The fourth-order valence-corrected chi connectivity index (χ4v) is 1.51. The van der Waals surface area contributed by atoms with Crippen LogP contribution in [0, 0.1) is 0 Å². The van der Waals surface area contributed by atoms with Crippen LogP contribution in [-0.4, -0.2) is 25.3 Å². The van der Waals surface area contributed by atoms with E-state index in [1.165, 1.54) is 12.0 Å². The van der Waals surface area contributed by atoms with Crippen LogP contribution in [0.5, 0.6) is 0 Å². The highest BCUT2D eigenvalue weighted by molar-refractivity contribution is 6.25. The molecule has 0 aromatic heterocycles. The third-order valence-electron chi connectivity index (χ3n) is 2.18. The van der Waals surface area contributed by atoms with Crippen molar-refractivity contribution in [3.05, 3.63) is 11.6 Å². The highest BCUT2D eigenvalue weighted by Gasteiger charge is 2.26. The maximum atomic E-state index is 5.68. The first-order valence-corrected chi connectivity index (χ1v) is 4.80. The zero-order chi connectivity index (χ0) is 8.86. The molecule has 1 aliphatic rings. The number of hydrogen-bond acceptors (Lipinski definition) is 2. The smallest absolute Gasteiger partial charge is 0.0783 e. The lowest BCUT2D eigenvalue weighted by Gasteiger charge is -2.33. The van der Waals surface area contributed by atoms with Crippen LogP contribution in [0.25, 0.3) is 0 Å². The van der Waals surface area contributed by atoms with Gasteiger partial charge in [0.1, 0.15) is 0 Å². The van der Waals surface area contributed by atoms with Gasteiger partial charge in [-0.25, -0.2) is 0 Å². The summed E-state index contributed by atoms with van der Waals surface area (Å²) in [6.45, 7) is 4.82. The molecule has 1 unspecified atom stereocenters. The number of halogens is 1. The second-order valence-electron chi connectivity index (χ2n) is 3.40. The average molecular weight is 190 g/mol. The van der Waals surface area contributed by atoms with Gasteiger partial charge in [0.15, 0.2) is 0 Å². The Bertz CT molecular complexity index is 153. The summed E-state index contributed by atoms with van der Waals surface area (Å²) < 4.78 is 5.68. The van der Waals surface area contributed by atoms with Crippen LogP contribution in [-0.2, 0) is 4.74 Å². The van der Waals surface area contributed by atoms with Gasteiger partial charge in [0.25, 0.3) is 0 Å². The Labute approximate surface area is 78.9 Å². The SMILES string of the molecule is CC1(OC/C=C/Cl)CCCNC1. The lowest BCUT2D eigenvalue weighted by Crippen LogP contribution is -2.45. The molecule has 1 fully saturated rings. The van der Waals surface area contributed by atoms with Gasteiger partial charge in [-0.15, -0.1) is 0 Å². The molecule has 0 bridgehead atoms. The molecule has 0 amide bonds. The molecule has 0 spiro atoms. The van der Waals surface area contributed by atoms with Gasteiger partial charge in [-0.3, -0.25) is 0 Å². The van der Waals surface area contributed by atoms with Crippen molar-refractivity contribution in [1.82, 2.24) is 5.32 Å². The summed E-state index contributed by atoms with van der Waals surface area (Å²) in [6, 6.07) is 0. The number of hydrogen-bond donors (Lipinski definition) is 1. The van der Waals surface area contributed by atoms with Gasteiger partial charge in [0.2, 0.25) is 0 Å². The fourth-order valence-electron chi connectivity index (χ4n) is 1.44. The molecular weight excluding hydrogens is 174 g/mol. The van der Waals surface area contributed by atoms with Gasteiger partial charge in [-0.05, 0) is 32.4 Å². The first-order valence-electron chi connectivity index (χ1n) is 4.37. The van der Waals surface area contributed by atoms with Crippen molar-refractivity contribution in [3.63, 3.8) is 0 Å². The topological polar surface area (TPSA) is 21.3 Å². The Morgan fingerprint density at radius 2 is 2.50 bits per heavy atom. The summed E-state index contributed by atoms with van der Waals surface area (Å²) in [5.74, 6) is 0. The average Bonchev–Trinajstić information content (AvgIpc) is 2.06. The van der Waals surface area contributed by atoms with Crippen molar-refractivity contribution < 1.29 is 4.74 Å². The van der Waals surface area contributed by atoms with Crippen LogP contribution < -0.4 is 5.32 Å². The number of ether oxygens (including phenoxy) is 1. The highest BCUT2D eigenvalue weighted by Crippen LogP contribution is 2.19. The molecule has 2 nitrogen and oxygen atoms in total. The summed E-state index contributed by atoms with van der Waals surface area (Å²) in [4.78, 5) is 0. The Morgan fingerprint density at radius 3 is 3.08 bits per heavy atom. The minimum atomic E-state index is 0.00858. The van der Waals surface area contributed by atoms with Gasteiger partial charge in [0.05, 0.1) is 12.2 Å². The molecule has 0 radical (unpaired) electrons. The maximum absolute atomic E-state index is 5.68. The van der Waals surface area contributed by atoms with E-state index in [0.29, 0.717) is 6.61 Å². The Morgan fingerprint density at radius 1 is 1.67 bits per heavy atom. The van der Waals surface area contributed by atoms with E-state index in [-0.39, 0.29) is 5.60 Å². The van der Waals surface area contributed by atoms with Crippen LogP contribution in [0.4, 0.5) is 0 Å². The van der Waals surface area contributed by atoms with Gasteiger partial charge in [-0.2, -0.15) is 0 Å². The minimum Gasteiger partial charge on any atom is -0.370 e. The summed E-state index contributed by atoms with van der Waals surface area (Å²) in [6.07, 6.45) is 4.15. The van der Waals surface area contributed by atoms with Gasteiger partial charge in [0, 0.05) is 12.1 Å². The van der Waals surface area contributed by atoms with E-state index in [9.17, 15) is 0 Å². The zero-order valence-electron chi connectivity index (χ0n) is 7.48. The summed E-state index contributed by atoms with van der Waals surface area (Å²) in [7, 11) is 0. The van der Waals surface area contributed by atoms with Crippen molar-refractivity contribution in [2.75, 3.05) is 19.7 Å². The maximum Gasteiger partial charge on any atom is 0.0783 e. The molecule has 0 saturated carbocycles. The number of nitrogens with one attached hydrogen (secondary N) is 1. The fraction of sp³-hybridized carbons (Fsp3) is 0.778. The van der Waals surface area contributed by atoms with E-state index >= 15 is 0 Å². The van der Waals surface area contributed by atoms with Gasteiger partial charge >= 0.3 is 0 Å². The van der Waals surface area contributed by atoms with Crippen LogP contribution in [0.15, 0.2) is 11.6 Å². The largest absolute Gasteiger partial charge is 0.370 e. The van der Waals surface area contributed by atoms with E-state index in [0.717, 1.165) is 19.5 Å². The Balaban J connectivity index is 2.26. The molecule has 0 aromatic rings. The number of piperidine rings is 1. The molecule has 70 valence electrons. The third kappa shape index (κ3) is 3.13. The predicted molar refractivity (Wildman–Crippen MR) is 51.5 cm³/mol. The van der Waals surface area contributed by atoms with E-state index in [1.807, 2.05) is 6.08 Å². The van der Waals surface area contributed by atoms with Crippen molar-refractivity contribution in [3.8, 4) is 0 Å². The van der Waals surface area contributed by atoms with Crippen LogP contribution in [0.2, 0.25) is 0 Å². The normalized spacial score (nSPS) is 31.2. The zero-order valence-corrected chi connectivity index (χ0v) is 8.23. The Kier molecular flexibility index (Phi) is 4.06. The third-order valence-corrected chi connectivity index (χ3v) is 2.35. The molecule has 0 aromatic carbocycles. The predicted octanol–water partition coefficient (Wildman–Crippen LogP) is 1.90. The van der Waals surface area contributed by atoms with Gasteiger partial charge < -0.3 is 10.1 Å². The monoisotopic (exact) mass is 189 g/mol. The van der Waals surface area contributed by atoms with Crippen LogP contribution >= 0.6 is 11.6 Å². The van der Waals surface area contributed by atoms with E-state index in [2.05, 4.69) is 12.2 Å². The van der Waals surface area contributed by atoms with Crippen molar-refractivity contribution in [2.24, 2.45) is 0 Å². The number of rotatable bonds is 3. The van der Waals surface area contributed by atoms with E-state index in [1.54, 1.807) is 0 Å². The first-order chi connectivity index (χ1) is 5.77. The van der Waals surface area contributed by atoms with E-state index in [4.69, 9.17) is 16.3 Å². The molecule has 1 atom stereocenters. The molecule has 1 heterocycles. The summed E-state index contributed by atoms with van der Waals surface area (Å²) in [5, 5.41) is 3.32. The van der Waals surface area contributed by atoms with Crippen LogP contribution in [0.3, 0.4) is 0 Å². The molecule has 1 rings (SSSR count). The van der Waals surface area contributed by atoms with Gasteiger partial charge in [-0.1, -0.05) is 11.6 Å². The molecule has 3 heteroatoms. The standard InChI is InChI=1S/C9H16ClNO/c1-9(12-7-3-5-10)4-2-6-11-8-9/h3,5,11H,2,4,6-8H2,1H3/b5-3+. The molecule has 0 aliphatic carbocycles. The van der Waals surface area contributed by atoms with Crippen molar-refractivity contribution >= 4 is 11.6 Å². The second-order valence-corrected chi connectivity index (χ2v) is 3.65. The second kappa shape index (κ2) is 4.85. The summed E-state index contributed by atoms with van der Waals surface area (Å²) in [5.41, 5.74) is 1.51. The summed E-state index contributed by atoms with van der Waals surface area (Å²) >= 11 is 5.39. The lowest BCUT2D eigenvalue weighted by molar-refractivity contribution is -0.0323. The molecule has 1 saturated heterocycles. The van der Waals surface area contributed by atoms with Crippen molar-refractivity contribution in [1.29, 1.82) is 0 Å². The quantitative estimate of drug-likeness (QED) is 0.733. The van der Waals surface area contributed by atoms with Crippen molar-refractivity contribution in [2.45, 2.75) is 25.4 Å². The first kappa shape index (κ1) is 10.0. The minimum absolute atomic E-state index is 0.00858. The molecule has 1 aliphatic heterocycles. The molecule has 12 heavy (non-hydrogen) atoms. The highest BCUT2D eigenvalue weighted by atomic mass is 35.5.